The summed E-state index contributed by atoms with van der Waals surface area (Å²) in [5.41, 5.74) is 4.48. The maximum Gasteiger partial charge on any atom is 0.417 e. The molecule has 0 bridgehead atoms. The molecule has 0 radical (unpaired) electrons. The highest BCUT2D eigenvalue weighted by atomic mass is 32.2. The van der Waals surface area contributed by atoms with Crippen LogP contribution in [0.2, 0.25) is 0 Å². The summed E-state index contributed by atoms with van der Waals surface area (Å²) in [5.74, 6) is -0.363. The number of pyridine rings is 1. The number of benzene rings is 1. The molecule has 23 heavy (non-hydrogen) atoms. The molecule has 0 fully saturated rings. The smallest absolute Gasteiger partial charge is 0.380 e. The Hall–Kier alpha value is -2.62. The van der Waals surface area contributed by atoms with Gasteiger partial charge in [0.15, 0.2) is 5.84 Å². The number of amidine groups is 1. The largest absolute Gasteiger partial charge is 0.417 e. The van der Waals surface area contributed by atoms with Crippen molar-refractivity contribution in [3.8, 4) is 0 Å². The molecule has 0 aliphatic rings. The highest BCUT2D eigenvalue weighted by molar-refractivity contribution is 7.89. The Morgan fingerprint density at radius 3 is 2.30 bits per heavy atom. The van der Waals surface area contributed by atoms with Crippen LogP contribution in [0.4, 0.5) is 13.2 Å². The molecular weight excluding hydrogens is 333 g/mol. The molecule has 0 spiro atoms. The average Bonchev–Trinajstić information content (AvgIpc) is 2.53. The monoisotopic (exact) mass is 344 g/mol. The lowest BCUT2D eigenvalue weighted by Gasteiger charge is -2.07. The zero-order valence-electron chi connectivity index (χ0n) is 11.4. The van der Waals surface area contributed by atoms with Gasteiger partial charge in [-0.05, 0) is 24.3 Å². The van der Waals surface area contributed by atoms with Crippen molar-refractivity contribution in [3.05, 3.63) is 59.9 Å². The molecule has 1 aromatic carbocycles. The van der Waals surface area contributed by atoms with E-state index in [0.717, 1.165) is 12.1 Å². The molecular formula is C13H11F3N4O2S. The molecule has 2 aromatic rings. The van der Waals surface area contributed by atoms with Gasteiger partial charge < -0.3 is 5.73 Å². The first-order valence-corrected chi connectivity index (χ1v) is 7.62. The molecule has 0 aliphatic carbocycles. The first kappa shape index (κ1) is 16.7. The Kier molecular flexibility index (Phi) is 4.55. The second kappa shape index (κ2) is 6.24. The van der Waals surface area contributed by atoms with Gasteiger partial charge in [-0.25, -0.2) is 0 Å². The molecule has 6 nitrogen and oxygen atoms in total. The van der Waals surface area contributed by atoms with Crippen LogP contribution in [0.3, 0.4) is 0 Å². The third kappa shape index (κ3) is 4.19. The minimum atomic E-state index is -4.52. The second-order valence-corrected chi connectivity index (χ2v) is 6.00. The van der Waals surface area contributed by atoms with E-state index >= 15 is 0 Å². The van der Waals surface area contributed by atoms with E-state index in [1.807, 2.05) is 4.83 Å². The van der Waals surface area contributed by atoms with Crippen molar-refractivity contribution in [2.24, 2.45) is 10.8 Å². The van der Waals surface area contributed by atoms with Gasteiger partial charge in [0.05, 0.1) is 10.5 Å². The Balaban J connectivity index is 2.17. The van der Waals surface area contributed by atoms with Crippen LogP contribution >= 0.6 is 0 Å². The lowest BCUT2D eigenvalue weighted by Crippen LogP contribution is -2.25. The quantitative estimate of drug-likeness (QED) is 0.501. The summed E-state index contributed by atoms with van der Waals surface area (Å²) in [4.78, 5) is 5.37. The topological polar surface area (TPSA) is 97.4 Å². The van der Waals surface area contributed by atoms with Crippen LogP contribution in [0.15, 0.2) is 58.7 Å². The summed E-state index contributed by atoms with van der Waals surface area (Å²) in [6.45, 7) is 0. The number of hydrogen-bond donors (Lipinski definition) is 2. The molecule has 0 amide bonds. The van der Waals surface area contributed by atoms with Crippen LogP contribution in [0.5, 0.6) is 0 Å². The van der Waals surface area contributed by atoms with Crippen molar-refractivity contribution in [2.45, 2.75) is 11.1 Å². The van der Waals surface area contributed by atoms with Crippen molar-refractivity contribution >= 4 is 15.9 Å². The molecule has 0 saturated carbocycles. The number of hydrogen-bond acceptors (Lipinski definition) is 4. The Morgan fingerprint density at radius 2 is 1.78 bits per heavy atom. The molecule has 3 N–H and O–H groups in total. The van der Waals surface area contributed by atoms with Gasteiger partial charge >= 0.3 is 6.18 Å². The van der Waals surface area contributed by atoms with Crippen LogP contribution in [0.1, 0.15) is 11.3 Å². The normalized spacial score (nSPS) is 12.9. The summed E-state index contributed by atoms with van der Waals surface area (Å²) in [6.07, 6.45) is -3.93. The van der Waals surface area contributed by atoms with Crippen LogP contribution in [-0.4, -0.2) is 19.2 Å². The van der Waals surface area contributed by atoms with E-state index in [1.165, 1.54) is 24.3 Å². The maximum atomic E-state index is 12.4. The van der Waals surface area contributed by atoms with E-state index < -0.39 is 21.8 Å². The summed E-state index contributed by atoms with van der Waals surface area (Å²) >= 11 is 0. The lowest BCUT2D eigenvalue weighted by atomic mass is 10.2. The number of halogens is 3. The van der Waals surface area contributed by atoms with Gasteiger partial charge in [-0.15, -0.1) is 5.10 Å². The summed E-state index contributed by atoms with van der Waals surface area (Å²) in [5, 5.41) is 3.45. The Morgan fingerprint density at radius 1 is 1.13 bits per heavy atom. The van der Waals surface area contributed by atoms with Gasteiger partial charge in [0, 0.05) is 6.20 Å². The molecule has 0 atom stereocenters. The lowest BCUT2D eigenvalue weighted by molar-refractivity contribution is -0.137. The number of hydrazone groups is 1. The van der Waals surface area contributed by atoms with Gasteiger partial charge in [-0.1, -0.05) is 18.2 Å². The molecule has 122 valence electrons. The van der Waals surface area contributed by atoms with Crippen molar-refractivity contribution in [2.75, 3.05) is 0 Å². The number of rotatable bonds is 4. The molecule has 0 saturated heterocycles. The zero-order valence-corrected chi connectivity index (χ0v) is 12.3. The van der Waals surface area contributed by atoms with E-state index in [4.69, 9.17) is 5.73 Å². The minimum Gasteiger partial charge on any atom is -0.380 e. The fourth-order valence-corrected chi connectivity index (χ4v) is 2.37. The van der Waals surface area contributed by atoms with E-state index in [1.54, 1.807) is 6.07 Å². The Labute approximate surface area is 129 Å². The summed E-state index contributed by atoms with van der Waals surface area (Å²) in [7, 11) is -3.92. The molecule has 0 aliphatic heterocycles. The van der Waals surface area contributed by atoms with E-state index in [-0.39, 0.29) is 16.4 Å². The zero-order chi connectivity index (χ0) is 17.1. The number of nitrogens with two attached hydrogens (primary N) is 1. The van der Waals surface area contributed by atoms with E-state index in [2.05, 4.69) is 10.1 Å². The highest BCUT2D eigenvalue weighted by Crippen LogP contribution is 2.28. The van der Waals surface area contributed by atoms with Crippen molar-refractivity contribution in [3.63, 3.8) is 0 Å². The highest BCUT2D eigenvalue weighted by Gasteiger charge is 2.30. The van der Waals surface area contributed by atoms with Crippen molar-refractivity contribution in [1.82, 2.24) is 9.82 Å². The Bertz CT molecular complexity index is 803. The van der Waals surface area contributed by atoms with Gasteiger partial charge in [-0.3, -0.25) is 4.98 Å². The van der Waals surface area contributed by atoms with Crippen molar-refractivity contribution in [1.29, 1.82) is 0 Å². The molecule has 2 rings (SSSR count). The molecule has 10 heteroatoms. The van der Waals surface area contributed by atoms with E-state index in [0.29, 0.717) is 6.20 Å². The maximum absolute atomic E-state index is 12.4. The molecule has 1 aromatic heterocycles. The second-order valence-electron chi connectivity index (χ2n) is 4.33. The number of aromatic nitrogens is 1. The number of alkyl halides is 3. The number of nitrogens with one attached hydrogen (secondary N) is 1. The fourth-order valence-electron chi connectivity index (χ4n) is 1.53. The summed E-state index contributed by atoms with van der Waals surface area (Å²) in [6, 6.07) is 9.17. The van der Waals surface area contributed by atoms with E-state index in [9.17, 15) is 21.6 Å². The van der Waals surface area contributed by atoms with Gasteiger partial charge in [0.25, 0.3) is 10.0 Å². The third-order valence-electron chi connectivity index (χ3n) is 2.69. The first-order chi connectivity index (χ1) is 10.7. The standard InChI is InChI=1S/C13H11F3N4O2S/c14-13(15,16)9-6-7-11(18-8-9)12(17)19-20-23(21,22)10-4-2-1-3-5-10/h1-8,20H,(H2,17,19). The van der Waals surface area contributed by atoms with Crippen molar-refractivity contribution < 1.29 is 21.6 Å². The van der Waals surface area contributed by atoms with Gasteiger partial charge in [0.1, 0.15) is 5.69 Å². The van der Waals surface area contributed by atoms with Crippen LogP contribution in [-0.2, 0) is 16.2 Å². The van der Waals surface area contributed by atoms with Crippen LogP contribution in [0.25, 0.3) is 0 Å². The van der Waals surface area contributed by atoms with Gasteiger partial charge in [-0.2, -0.15) is 26.4 Å². The third-order valence-corrected chi connectivity index (χ3v) is 3.92. The SMILES string of the molecule is N/C(=N\NS(=O)(=O)c1ccccc1)c1ccc(C(F)(F)F)cn1. The average molecular weight is 344 g/mol. The summed E-state index contributed by atoms with van der Waals surface area (Å²) < 4.78 is 61.1. The minimum absolute atomic E-state index is 0.0306. The number of nitrogens with zero attached hydrogens (tertiary/aromatic N) is 2. The number of sulfonamides is 1. The van der Waals surface area contributed by atoms with Crippen LogP contribution < -0.4 is 10.6 Å². The molecule has 0 unspecified atom stereocenters. The predicted molar refractivity (Wildman–Crippen MR) is 76.7 cm³/mol. The predicted octanol–water partition coefficient (Wildman–Crippen LogP) is 1.70. The van der Waals surface area contributed by atoms with Gasteiger partial charge in [0.2, 0.25) is 0 Å². The van der Waals surface area contributed by atoms with Crippen LogP contribution in [0, 0.1) is 0 Å². The first-order valence-electron chi connectivity index (χ1n) is 6.14. The fraction of sp³-hybridized carbons (Fsp3) is 0.0769. The molecule has 1 heterocycles.